The molecule has 0 bridgehead atoms. The SMILES string of the molecule is Cc1[nH][nH]c(=S)c1C(N)=O. The molecule has 0 atom stereocenters. The average Bonchev–Trinajstić information content (AvgIpc) is 2.11. The minimum atomic E-state index is -0.500. The Bertz CT molecular complexity index is 311. The molecule has 1 rings (SSSR count). The normalized spacial score (nSPS) is 9.70. The molecule has 54 valence electrons. The quantitative estimate of drug-likeness (QED) is 0.519. The number of hydrogen-bond donors (Lipinski definition) is 3. The maximum absolute atomic E-state index is 10.6. The van der Waals surface area contributed by atoms with Gasteiger partial charge in [0.05, 0.1) is 5.56 Å². The maximum Gasteiger partial charge on any atom is 0.253 e. The molecule has 0 aliphatic carbocycles. The molecule has 0 unspecified atom stereocenters. The fourth-order valence-electron chi connectivity index (χ4n) is 0.743. The van der Waals surface area contributed by atoms with Crippen LogP contribution in [0, 0.1) is 11.6 Å². The number of aromatic nitrogens is 2. The summed E-state index contributed by atoms with van der Waals surface area (Å²) in [6.07, 6.45) is 0. The van der Waals surface area contributed by atoms with Gasteiger partial charge in [-0.15, -0.1) is 0 Å². The molecule has 0 radical (unpaired) electrons. The zero-order valence-corrected chi connectivity index (χ0v) is 6.21. The molecule has 10 heavy (non-hydrogen) atoms. The fourth-order valence-corrected chi connectivity index (χ4v) is 1.05. The molecule has 0 saturated carbocycles. The van der Waals surface area contributed by atoms with E-state index in [0.717, 1.165) is 0 Å². The van der Waals surface area contributed by atoms with Crippen LogP contribution in [0.2, 0.25) is 0 Å². The number of hydrogen-bond acceptors (Lipinski definition) is 2. The molecular weight excluding hydrogens is 150 g/mol. The second-order valence-corrected chi connectivity index (χ2v) is 2.35. The van der Waals surface area contributed by atoms with Crippen LogP contribution in [0.1, 0.15) is 16.1 Å². The summed E-state index contributed by atoms with van der Waals surface area (Å²) in [7, 11) is 0. The molecule has 1 amide bonds. The van der Waals surface area contributed by atoms with Gasteiger partial charge in [0.15, 0.2) is 0 Å². The van der Waals surface area contributed by atoms with Crippen LogP contribution in [0.25, 0.3) is 0 Å². The molecule has 0 aliphatic rings. The molecule has 0 saturated heterocycles. The van der Waals surface area contributed by atoms with Crippen molar-refractivity contribution in [3.05, 3.63) is 15.9 Å². The van der Waals surface area contributed by atoms with Crippen LogP contribution < -0.4 is 5.73 Å². The molecule has 0 spiro atoms. The third-order valence-electron chi connectivity index (χ3n) is 1.21. The van der Waals surface area contributed by atoms with Crippen molar-refractivity contribution in [2.45, 2.75) is 6.92 Å². The number of aromatic amines is 2. The van der Waals surface area contributed by atoms with Crippen molar-refractivity contribution in [2.75, 3.05) is 0 Å². The predicted molar refractivity (Wildman–Crippen MR) is 39.2 cm³/mol. The lowest BCUT2D eigenvalue weighted by atomic mass is 10.2. The number of nitrogens with one attached hydrogen (secondary N) is 2. The summed E-state index contributed by atoms with van der Waals surface area (Å²) < 4.78 is 0.366. The van der Waals surface area contributed by atoms with E-state index in [9.17, 15) is 4.79 Å². The first-order chi connectivity index (χ1) is 4.63. The first-order valence-electron chi connectivity index (χ1n) is 2.70. The van der Waals surface area contributed by atoms with Gasteiger partial charge in [0.25, 0.3) is 5.91 Å². The highest BCUT2D eigenvalue weighted by molar-refractivity contribution is 7.71. The molecule has 0 aliphatic heterocycles. The van der Waals surface area contributed by atoms with E-state index < -0.39 is 5.91 Å². The standard InChI is InChI=1S/C5H7N3OS/c1-2-3(4(6)9)5(10)8-7-2/h1H3,(H2,6,9)(H2,7,8,10). The van der Waals surface area contributed by atoms with E-state index in [-0.39, 0.29) is 0 Å². The van der Waals surface area contributed by atoms with Crippen LogP contribution >= 0.6 is 12.2 Å². The lowest BCUT2D eigenvalue weighted by Gasteiger charge is -1.87. The van der Waals surface area contributed by atoms with Crippen molar-refractivity contribution in [3.8, 4) is 0 Å². The smallest absolute Gasteiger partial charge is 0.253 e. The predicted octanol–water partition coefficient (Wildman–Crippen LogP) is 0.480. The number of nitrogens with two attached hydrogens (primary N) is 1. The summed E-state index contributed by atoms with van der Waals surface area (Å²) >= 11 is 4.76. The monoisotopic (exact) mass is 157 g/mol. The number of aryl methyl sites for hydroxylation is 1. The van der Waals surface area contributed by atoms with E-state index in [1.54, 1.807) is 6.92 Å². The maximum atomic E-state index is 10.6. The molecular formula is C5H7N3OS. The summed E-state index contributed by atoms with van der Waals surface area (Å²) in [6, 6.07) is 0. The van der Waals surface area contributed by atoms with Crippen LogP contribution in [0.4, 0.5) is 0 Å². The van der Waals surface area contributed by atoms with E-state index >= 15 is 0 Å². The van der Waals surface area contributed by atoms with Gasteiger partial charge in [-0.2, -0.15) is 0 Å². The molecule has 1 aromatic rings. The Labute approximate surface area is 62.4 Å². The second-order valence-electron chi connectivity index (χ2n) is 1.94. The zero-order valence-electron chi connectivity index (χ0n) is 5.39. The highest BCUT2D eigenvalue weighted by atomic mass is 32.1. The molecule has 0 aromatic carbocycles. The van der Waals surface area contributed by atoms with Crippen molar-refractivity contribution in [1.82, 2.24) is 10.2 Å². The number of primary amides is 1. The number of carbonyl (C=O) groups is 1. The Kier molecular flexibility index (Phi) is 1.58. The van der Waals surface area contributed by atoms with E-state index in [1.165, 1.54) is 0 Å². The van der Waals surface area contributed by atoms with E-state index in [4.69, 9.17) is 18.0 Å². The average molecular weight is 157 g/mol. The highest BCUT2D eigenvalue weighted by Gasteiger charge is 2.07. The largest absolute Gasteiger partial charge is 0.365 e. The van der Waals surface area contributed by atoms with Crippen molar-refractivity contribution < 1.29 is 4.79 Å². The Morgan fingerprint density at radius 3 is 2.40 bits per heavy atom. The van der Waals surface area contributed by atoms with Gasteiger partial charge in [0.2, 0.25) is 0 Å². The number of rotatable bonds is 1. The zero-order chi connectivity index (χ0) is 7.72. The van der Waals surface area contributed by atoms with Gasteiger partial charge in [-0.3, -0.25) is 9.89 Å². The lowest BCUT2D eigenvalue weighted by Crippen LogP contribution is -2.11. The highest BCUT2D eigenvalue weighted by Crippen LogP contribution is 2.03. The summed E-state index contributed by atoms with van der Waals surface area (Å²) in [5, 5.41) is 5.30. The van der Waals surface area contributed by atoms with Crippen LogP contribution in [-0.4, -0.2) is 16.1 Å². The van der Waals surface area contributed by atoms with Gasteiger partial charge < -0.3 is 10.8 Å². The first-order valence-corrected chi connectivity index (χ1v) is 3.11. The molecule has 1 aromatic heterocycles. The van der Waals surface area contributed by atoms with Crippen LogP contribution in [0.3, 0.4) is 0 Å². The van der Waals surface area contributed by atoms with Gasteiger partial charge in [0, 0.05) is 5.69 Å². The van der Waals surface area contributed by atoms with Crippen LogP contribution in [0.15, 0.2) is 0 Å². The summed E-state index contributed by atoms with van der Waals surface area (Å²) in [5.41, 5.74) is 6.06. The minimum Gasteiger partial charge on any atom is -0.365 e. The van der Waals surface area contributed by atoms with Gasteiger partial charge in [-0.05, 0) is 6.92 Å². The Balaban J connectivity index is 3.37. The van der Waals surface area contributed by atoms with Crippen molar-refractivity contribution in [1.29, 1.82) is 0 Å². The molecule has 5 heteroatoms. The van der Waals surface area contributed by atoms with E-state index in [0.29, 0.717) is 15.9 Å². The fraction of sp³-hybridized carbons (Fsp3) is 0.200. The van der Waals surface area contributed by atoms with Gasteiger partial charge in [0.1, 0.15) is 4.64 Å². The van der Waals surface area contributed by atoms with Gasteiger partial charge in [-0.1, -0.05) is 12.2 Å². The Morgan fingerprint density at radius 1 is 1.60 bits per heavy atom. The topological polar surface area (TPSA) is 74.7 Å². The van der Waals surface area contributed by atoms with Crippen molar-refractivity contribution in [3.63, 3.8) is 0 Å². The molecule has 1 heterocycles. The summed E-state index contributed by atoms with van der Waals surface area (Å²) in [5.74, 6) is -0.500. The lowest BCUT2D eigenvalue weighted by molar-refractivity contribution is 0.0999. The number of H-pyrrole nitrogens is 2. The Morgan fingerprint density at radius 2 is 2.20 bits per heavy atom. The number of carbonyl (C=O) groups excluding carboxylic acids is 1. The summed E-state index contributed by atoms with van der Waals surface area (Å²) in [4.78, 5) is 10.6. The van der Waals surface area contributed by atoms with E-state index in [2.05, 4.69) is 10.2 Å². The number of amides is 1. The second kappa shape index (κ2) is 2.26. The molecule has 4 nitrogen and oxygen atoms in total. The Hall–Kier alpha value is -1.10. The molecule has 0 fully saturated rings. The molecule has 4 N–H and O–H groups in total. The first kappa shape index (κ1) is 7.01. The van der Waals surface area contributed by atoms with Crippen LogP contribution in [0.5, 0.6) is 0 Å². The van der Waals surface area contributed by atoms with Crippen molar-refractivity contribution in [2.24, 2.45) is 5.73 Å². The minimum absolute atomic E-state index is 0.366. The van der Waals surface area contributed by atoms with Gasteiger partial charge in [-0.25, -0.2) is 0 Å². The van der Waals surface area contributed by atoms with Crippen molar-refractivity contribution >= 4 is 18.1 Å². The summed E-state index contributed by atoms with van der Waals surface area (Å²) in [6.45, 7) is 1.73. The van der Waals surface area contributed by atoms with Crippen LogP contribution in [-0.2, 0) is 0 Å². The van der Waals surface area contributed by atoms with E-state index in [1.807, 2.05) is 0 Å². The third-order valence-corrected chi connectivity index (χ3v) is 1.52. The van der Waals surface area contributed by atoms with Gasteiger partial charge >= 0.3 is 0 Å². The third kappa shape index (κ3) is 0.950.